The largest absolute Gasteiger partial charge is 0.334 e. The Morgan fingerprint density at radius 3 is 2.96 bits per heavy atom. The van der Waals surface area contributed by atoms with Crippen LogP contribution in [0.1, 0.15) is 53.4 Å². The van der Waals surface area contributed by atoms with Gasteiger partial charge in [-0.05, 0) is 55.7 Å². The summed E-state index contributed by atoms with van der Waals surface area (Å²) in [6.45, 7) is 2.77. The fraction of sp³-hybridized carbons (Fsp3) is 0.450. The van der Waals surface area contributed by atoms with E-state index in [0.717, 1.165) is 42.8 Å². The summed E-state index contributed by atoms with van der Waals surface area (Å²) in [5.74, 6) is 0.207. The van der Waals surface area contributed by atoms with Gasteiger partial charge in [-0.1, -0.05) is 18.2 Å². The van der Waals surface area contributed by atoms with E-state index in [2.05, 4.69) is 28.2 Å². The lowest BCUT2D eigenvalue weighted by atomic mass is 10.0. The first kappa shape index (κ1) is 15.3. The molecule has 0 N–H and O–H groups in total. The standard InChI is InChI=1S/C20H23N3O/c1-14-12-21-13-18(22-14)19-6-3-9-23(19)20(24)11-15-7-8-16-4-2-5-17(16)10-15/h7-8,10,12-13,19H,2-6,9,11H2,1H3/t19-/m1/s1. The molecule has 4 nitrogen and oxygen atoms in total. The second kappa shape index (κ2) is 6.34. The number of nitrogens with zero attached hydrogens (tertiary/aromatic N) is 3. The van der Waals surface area contributed by atoms with Gasteiger partial charge in [-0.15, -0.1) is 0 Å². The normalized spacial score (nSPS) is 19.5. The van der Waals surface area contributed by atoms with E-state index in [0.29, 0.717) is 6.42 Å². The van der Waals surface area contributed by atoms with Crippen LogP contribution in [0.15, 0.2) is 30.6 Å². The number of amides is 1. The zero-order valence-electron chi connectivity index (χ0n) is 14.2. The summed E-state index contributed by atoms with van der Waals surface area (Å²) in [5, 5.41) is 0. The fourth-order valence-electron chi connectivity index (χ4n) is 4.03. The van der Waals surface area contributed by atoms with Gasteiger partial charge >= 0.3 is 0 Å². The van der Waals surface area contributed by atoms with Crippen molar-refractivity contribution >= 4 is 5.91 Å². The third kappa shape index (κ3) is 2.93. The number of rotatable bonds is 3. The average molecular weight is 321 g/mol. The maximum Gasteiger partial charge on any atom is 0.227 e. The minimum atomic E-state index is 0.0827. The van der Waals surface area contributed by atoms with Crippen molar-refractivity contribution < 1.29 is 4.79 Å². The molecule has 2 aromatic rings. The molecule has 2 heterocycles. The first-order chi connectivity index (χ1) is 11.7. The smallest absolute Gasteiger partial charge is 0.227 e. The van der Waals surface area contributed by atoms with Gasteiger partial charge in [-0.3, -0.25) is 14.8 Å². The monoisotopic (exact) mass is 321 g/mol. The van der Waals surface area contributed by atoms with E-state index in [-0.39, 0.29) is 11.9 Å². The third-order valence-electron chi connectivity index (χ3n) is 5.21. The van der Waals surface area contributed by atoms with Crippen LogP contribution in [0.3, 0.4) is 0 Å². The summed E-state index contributed by atoms with van der Waals surface area (Å²) in [7, 11) is 0. The van der Waals surface area contributed by atoms with Crippen molar-refractivity contribution in [3.8, 4) is 0 Å². The Balaban J connectivity index is 1.51. The Kier molecular flexibility index (Phi) is 4.05. The molecular weight excluding hydrogens is 298 g/mol. The van der Waals surface area contributed by atoms with Gasteiger partial charge in [0.15, 0.2) is 0 Å². The van der Waals surface area contributed by atoms with Crippen molar-refractivity contribution in [3.05, 3.63) is 58.7 Å². The molecule has 1 saturated heterocycles. The molecule has 1 aromatic carbocycles. The Bertz CT molecular complexity index is 771. The molecule has 1 amide bonds. The van der Waals surface area contributed by atoms with E-state index in [1.54, 1.807) is 12.4 Å². The minimum absolute atomic E-state index is 0.0827. The van der Waals surface area contributed by atoms with Gasteiger partial charge in [-0.25, -0.2) is 0 Å². The van der Waals surface area contributed by atoms with Crippen LogP contribution in [0, 0.1) is 6.92 Å². The lowest BCUT2D eigenvalue weighted by molar-refractivity contribution is -0.131. The number of hydrogen-bond donors (Lipinski definition) is 0. The maximum atomic E-state index is 12.9. The molecule has 2 aliphatic rings. The van der Waals surface area contributed by atoms with Crippen molar-refractivity contribution in [2.24, 2.45) is 0 Å². The van der Waals surface area contributed by atoms with E-state index in [4.69, 9.17) is 0 Å². The quantitative estimate of drug-likeness (QED) is 0.872. The Hall–Kier alpha value is -2.23. The fourth-order valence-corrected chi connectivity index (χ4v) is 4.03. The number of carbonyl (C=O) groups is 1. The van der Waals surface area contributed by atoms with Crippen LogP contribution in [0.4, 0.5) is 0 Å². The van der Waals surface area contributed by atoms with Crippen LogP contribution in [-0.4, -0.2) is 27.3 Å². The molecular formula is C20H23N3O. The van der Waals surface area contributed by atoms with Crippen LogP contribution in [-0.2, 0) is 24.1 Å². The van der Waals surface area contributed by atoms with Gasteiger partial charge in [0.25, 0.3) is 0 Å². The highest BCUT2D eigenvalue weighted by Crippen LogP contribution is 2.31. The van der Waals surface area contributed by atoms with Crippen LogP contribution >= 0.6 is 0 Å². The van der Waals surface area contributed by atoms with E-state index in [9.17, 15) is 4.79 Å². The average Bonchev–Trinajstić information content (AvgIpc) is 3.23. The Morgan fingerprint density at radius 2 is 2.08 bits per heavy atom. The zero-order valence-corrected chi connectivity index (χ0v) is 14.2. The summed E-state index contributed by atoms with van der Waals surface area (Å²) < 4.78 is 0. The molecule has 1 aromatic heterocycles. The van der Waals surface area contributed by atoms with Crippen LogP contribution < -0.4 is 0 Å². The predicted octanol–water partition coefficient (Wildman–Crippen LogP) is 3.18. The Morgan fingerprint density at radius 1 is 1.21 bits per heavy atom. The molecule has 1 aliphatic heterocycles. The molecule has 4 heteroatoms. The molecule has 0 spiro atoms. The van der Waals surface area contributed by atoms with Crippen molar-refractivity contribution in [1.82, 2.24) is 14.9 Å². The highest BCUT2D eigenvalue weighted by Gasteiger charge is 2.31. The number of aromatic nitrogens is 2. The van der Waals surface area contributed by atoms with E-state index < -0.39 is 0 Å². The van der Waals surface area contributed by atoms with Gasteiger partial charge in [0.05, 0.1) is 30.0 Å². The van der Waals surface area contributed by atoms with E-state index in [1.807, 2.05) is 11.8 Å². The zero-order chi connectivity index (χ0) is 16.5. The van der Waals surface area contributed by atoms with Crippen molar-refractivity contribution in [2.45, 2.75) is 51.5 Å². The summed E-state index contributed by atoms with van der Waals surface area (Å²) in [4.78, 5) is 23.7. The van der Waals surface area contributed by atoms with Crippen LogP contribution in [0.2, 0.25) is 0 Å². The van der Waals surface area contributed by atoms with Gasteiger partial charge in [0.2, 0.25) is 5.91 Å². The number of aryl methyl sites for hydroxylation is 3. The highest BCUT2D eigenvalue weighted by molar-refractivity contribution is 5.79. The SMILES string of the molecule is Cc1cncc([C@H]2CCCN2C(=O)Cc2ccc3c(c2)CCC3)n1. The molecule has 24 heavy (non-hydrogen) atoms. The molecule has 1 aliphatic carbocycles. The number of benzene rings is 1. The van der Waals surface area contributed by atoms with Crippen molar-refractivity contribution in [1.29, 1.82) is 0 Å². The lowest BCUT2D eigenvalue weighted by Crippen LogP contribution is -2.32. The topological polar surface area (TPSA) is 46.1 Å². The first-order valence-corrected chi connectivity index (χ1v) is 8.89. The molecule has 0 saturated carbocycles. The van der Waals surface area contributed by atoms with Gasteiger partial charge in [0, 0.05) is 12.7 Å². The van der Waals surface area contributed by atoms with E-state index >= 15 is 0 Å². The lowest BCUT2D eigenvalue weighted by Gasteiger charge is -2.24. The van der Waals surface area contributed by atoms with Gasteiger partial charge in [0.1, 0.15) is 0 Å². The number of carbonyl (C=O) groups excluding carboxylic acids is 1. The minimum Gasteiger partial charge on any atom is -0.334 e. The first-order valence-electron chi connectivity index (χ1n) is 8.89. The Labute approximate surface area is 142 Å². The highest BCUT2D eigenvalue weighted by atomic mass is 16.2. The summed E-state index contributed by atoms with van der Waals surface area (Å²) in [5.41, 5.74) is 5.87. The summed E-state index contributed by atoms with van der Waals surface area (Å²) >= 11 is 0. The number of hydrogen-bond acceptors (Lipinski definition) is 3. The molecule has 1 fully saturated rings. The number of likely N-dealkylation sites (tertiary alicyclic amines) is 1. The second-order valence-electron chi connectivity index (χ2n) is 6.96. The third-order valence-corrected chi connectivity index (χ3v) is 5.21. The summed E-state index contributed by atoms with van der Waals surface area (Å²) in [6.07, 6.45) is 9.65. The predicted molar refractivity (Wildman–Crippen MR) is 92.6 cm³/mol. The molecule has 0 unspecified atom stereocenters. The van der Waals surface area contributed by atoms with E-state index in [1.165, 1.54) is 24.0 Å². The number of fused-ring (bicyclic) bond motifs is 1. The second-order valence-corrected chi connectivity index (χ2v) is 6.96. The van der Waals surface area contributed by atoms with Crippen molar-refractivity contribution in [2.75, 3.05) is 6.54 Å². The molecule has 1 atom stereocenters. The summed E-state index contributed by atoms with van der Waals surface area (Å²) in [6, 6.07) is 6.65. The molecule has 4 rings (SSSR count). The molecule has 0 radical (unpaired) electrons. The van der Waals surface area contributed by atoms with Gasteiger partial charge < -0.3 is 4.90 Å². The van der Waals surface area contributed by atoms with Crippen molar-refractivity contribution in [3.63, 3.8) is 0 Å². The maximum absolute atomic E-state index is 12.9. The van der Waals surface area contributed by atoms with Crippen LogP contribution in [0.5, 0.6) is 0 Å². The molecule has 124 valence electrons. The van der Waals surface area contributed by atoms with Crippen LogP contribution in [0.25, 0.3) is 0 Å². The van der Waals surface area contributed by atoms with Gasteiger partial charge in [-0.2, -0.15) is 0 Å². The molecule has 0 bridgehead atoms.